The third-order valence-electron chi connectivity index (χ3n) is 4.00. The van der Waals surface area contributed by atoms with Crippen LogP contribution in [0.2, 0.25) is 5.02 Å². The number of aromatic hydroxyl groups is 1. The van der Waals surface area contributed by atoms with E-state index < -0.39 is 6.04 Å². The summed E-state index contributed by atoms with van der Waals surface area (Å²) >= 11 is 5.87. The van der Waals surface area contributed by atoms with Crippen LogP contribution in [0.15, 0.2) is 18.2 Å². The number of carbonyl (C=O) groups is 2. The minimum absolute atomic E-state index is 0.0158. The summed E-state index contributed by atoms with van der Waals surface area (Å²) in [5.41, 5.74) is 0.390. The maximum absolute atomic E-state index is 12.7. The number of likely N-dealkylation sites (N-methyl/N-ethyl adjacent to an activating group) is 1. The van der Waals surface area contributed by atoms with E-state index in [-0.39, 0.29) is 22.6 Å². The van der Waals surface area contributed by atoms with E-state index in [0.717, 1.165) is 12.8 Å². The monoisotopic (exact) mass is 324 g/mol. The second-order valence-corrected chi connectivity index (χ2v) is 5.99. The zero-order valence-electron chi connectivity index (χ0n) is 12.9. The Labute approximate surface area is 135 Å². The van der Waals surface area contributed by atoms with Gasteiger partial charge < -0.3 is 14.9 Å². The molecule has 1 aliphatic rings. The van der Waals surface area contributed by atoms with E-state index >= 15 is 0 Å². The first-order valence-corrected chi connectivity index (χ1v) is 7.88. The summed E-state index contributed by atoms with van der Waals surface area (Å²) in [5, 5.41) is 9.60. The third kappa shape index (κ3) is 3.35. The molecular formula is C16H21ClN2O3. The van der Waals surface area contributed by atoms with Gasteiger partial charge in [-0.05, 0) is 24.6 Å². The van der Waals surface area contributed by atoms with Crippen LogP contribution in [-0.2, 0) is 4.79 Å². The number of phenolic OH excluding ortho intramolecular Hbond substituents is 1. The van der Waals surface area contributed by atoms with Gasteiger partial charge in [0.25, 0.3) is 5.91 Å². The van der Waals surface area contributed by atoms with Crippen LogP contribution >= 0.6 is 11.6 Å². The van der Waals surface area contributed by atoms with Crippen LogP contribution in [0.4, 0.5) is 0 Å². The van der Waals surface area contributed by atoms with Gasteiger partial charge >= 0.3 is 0 Å². The number of phenols is 1. The Hall–Kier alpha value is -1.75. The van der Waals surface area contributed by atoms with Gasteiger partial charge in [0.05, 0.1) is 5.02 Å². The molecule has 5 nitrogen and oxygen atoms in total. The lowest BCUT2D eigenvalue weighted by atomic mass is 10.0. The average molecular weight is 325 g/mol. The molecule has 0 bridgehead atoms. The van der Waals surface area contributed by atoms with Gasteiger partial charge in [0.2, 0.25) is 5.91 Å². The number of halogens is 1. The first-order chi connectivity index (χ1) is 10.5. The van der Waals surface area contributed by atoms with E-state index in [0.29, 0.717) is 25.1 Å². The Kier molecular flexibility index (Phi) is 5.29. The molecule has 120 valence electrons. The molecule has 1 fully saturated rings. The number of hydrogen-bond donors (Lipinski definition) is 1. The smallest absolute Gasteiger partial charge is 0.254 e. The standard InChI is InChI=1S/C16H21ClN2O3/c1-3-4-5-13-16(22)18(2)8-9-19(13)15(21)11-6-7-14(20)12(17)10-11/h6-7,10,13,20H,3-5,8-9H2,1-2H3/t13-/m0/s1. The van der Waals surface area contributed by atoms with Crippen molar-refractivity contribution in [1.29, 1.82) is 0 Å². The molecule has 1 aromatic carbocycles. The van der Waals surface area contributed by atoms with Crippen molar-refractivity contribution in [3.8, 4) is 5.75 Å². The summed E-state index contributed by atoms with van der Waals surface area (Å²) in [7, 11) is 1.76. The third-order valence-corrected chi connectivity index (χ3v) is 4.30. The molecule has 0 unspecified atom stereocenters. The van der Waals surface area contributed by atoms with Crippen LogP contribution in [0.1, 0.15) is 36.5 Å². The van der Waals surface area contributed by atoms with Crippen LogP contribution in [0.3, 0.4) is 0 Å². The maximum atomic E-state index is 12.7. The van der Waals surface area contributed by atoms with Crippen molar-refractivity contribution in [2.24, 2.45) is 0 Å². The molecule has 1 N–H and O–H groups in total. The second kappa shape index (κ2) is 7.01. The number of amides is 2. The van der Waals surface area contributed by atoms with Crippen LogP contribution in [0, 0.1) is 0 Å². The number of hydrogen-bond acceptors (Lipinski definition) is 3. The summed E-state index contributed by atoms with van der Waals surface area (Å²) in [6.07, 6.45) is 2.53. The predicted octanol–water partition coefficient (Wildman–Crippen LogP) is 2.52. The highest BCUT2D eigenvalue weighted by atomic mass is 35.5. The van der Waals surface area contributed by atoms with Crippen LogP contribution in [0.25, 0.3) is 0 Å². The van der Waals surface area contributed by atoms with Crippen LogP contribution < -0.4 is 0 Å². The molecule has 1 aliphatic heterocycles. The van der Waals surface area contributed by atoms with Crippen molar-refractivity contribution in [2.75, 3.05) is 20.1 Å². The Morgan fingerprint density at radius 2 is 2.14 bits per heavy atom. The van der Waals surface area contributed by atoms with Gasteiger partial charge in [-0.1, -0.05) is 31.4 Å². The highest BCUT2D eigenvalue weighted by Gasteiger charge is 2.35. The molecular weight excluding hydrogens is 304 g/mol. The van der Waals surface area contributed by atoms with E-state index in [1.165, 1.54) is 18.2 Å². The first-order valence-electron chi connectivity index (χ1n) is 7.50. The van der Waals surface area contributed by atoms with E-state index in [9.17, 15) is 14.7 Å². The summed E-state index contributed by atoms with van der Waals surface area (Å²) in [5.74, 6) is -0.294. The molecule has 1 saturated heterocycles. The summed E-state index contributed by atoms with van der Waals surface area (Å²) in [6, 6.07) is 3.95. The molecule has 0 radical (unpaired) electrons. The second-order valence-electron chi connectivity index (χ2n) is 5.58. The lowest BCUT2D eigenvalue weighted by Gasteiger charge is -2.39. The minimum atomic E-state index is -0.418. The van der Waals surface area contributed by atoms with Crippen molar-refractivity contribution in [2.45, 2.75) is 32.2 Å². The van der Waals surface area contributed by atoms with Crippen molar-refractivity contribution in [3.05, 3.63) is 28.8 Å². The molecule has 6 heteroatoms. The number of nitrogens with zero attached hydrogens (tertiary/aromatic N) is 2. The molecule has 1 aromatic rings. The number of carbonyl (C=O) groups excluding carboxylic acids is 2. The van der Waals surface area contributed by atoms with E-state index in [4.69, 9.17) is 11.6 Å². The topological polar surface area (TPSA) is 60.9 Å². The molecule has 0 spiro atoms. The highest BCUT2D eigenvalue weighted by molar-refractivity contribution is 6.32. The molecule has 0 saturated carbocycles. The molecule has 2 rings (SSSR count). The molecule has 1 heterocycles. The van der Waals surface area contributed by atoms with Crippen molar-refractivity contribution >= 4 is 23.4 Å². The van der Waals surface area contributed by atoms with Crippen LogP contribution in [0.5, 0.6) is 5.75 Å². The Morgan fingerprint density at radius 3 is 2.77 bits per heavy atom. The van der Waals surface area contributed by atoms with E-state index in [2.05, 4.69) is 6.92 Å². The van der Waals surface area contributed by atoms with Gasteiger partial charge in [-0.15, -0.1) is 0 Å². The summed E-state index contributed by atoms with van der Waals surface area (Å²) in [4.78, 5) is 28.4. The van der Waals surface area contributed by atoms with E-state index in [1.54, 1.807) is 16.8 Å². The molecule has 2 amide bonds. The van der Waals surface area contributed by atoms with Gasteiger partial charge in [0, 0.05) is 25.7 Å². The molecule has 0 aromatic heterocycles. The Bertz CT molecular complexity index is 577. The normalized spacial score (nSPS) is 18.7. The lowest BCUT2D eigenvalue weighted by molar-refractivity contribution is -0.138. The van der Waals surface area contributed by atoms with Gasteiger partial charge in [-0.25, -0.2) is 0 Å². The fraction of sp³-hybridized carbons (Fsp3) is 0.500. The van der Waals surface area contributed by atoms with Gasteiger partial charge in [0.1, 0.15) is 11.8 Å². The number of piperazine rings is 1. The first kappa shape index (κ1) is 16.6. The summed E-state index contributed by atoms with van der Waals surface area (Å²) < 4.78 is 0. The average Bonchev–Trinajstić information content (AvgIpc) is 2.50. The Balaban J connectivity index is 2.24. The minimum Gasteiger partial charge on any atom is -0.506 e. The van der Waals surface area contributed by atoms with E-state index in [1.807, 2.05) is 0 Å². The Morgan fingerprint density at radius 1 is 1.41 bits per heavy atom. The van der Waals surface area contributed by atoms with Crippen molar-refractivity contribution in [3.63, 3.8) is 0 Å². The molecule has 22 heavy (non-hydrogen) atoms. The number of rotatable bonds is 4. The van der Waals surface area contributed by atoms with Gasteiger partial charge in [-0.3, -0.25) is 9.59 Å². The van der Waals surface area contributed by atoms with Crippen molar-refractivity contribution < 1.29 is 14.7 Å². The lowest BCUT2D eigenvalue weighted by Crippen LogP contribution is -2.57. The number of unbranched alkanes of at least 4 members (excludes halogenated alkanes) is 1. The SMILES string of the molecule is CCCC[C@H]1C(=O)N(C)CCN1C(=O)c1ccc(O)c(Cl)c1. The largest absolute Gasteiger partial charge is 0.506 e. The van der Waals surface area contributed by atoms with Crippen molar-refractivity contribution in [1.82, 2.24) is 9.80 Å². The quantitative estimate of drug-likeness (QED) is 0.925. The zero-order chi connectivity index (χ0) is 16.3. The van der Waals surface area contributed by atoms with Gasteiger partial charge in [0.15, 0.2) is 0 Å². The zero-order valence-corrected chi connectivity index (χ0v) is 13.6. The fourth-order valence-corrected chi connectivity index (χ4v) is 2.82. The highest BCUT2D eigenvalue weighted by Crippen LogP contribution is 2.26. The van der Waals surface area contributed by atoms with Crippen LogP contribution in [-0.4, -0.2) is 52.9 Å². The number of benzene rings is 1. The fourth-order valence-electron chi connectivity index (χ4n) is 2.64. The molecule has 1 atom stereocenters. The maximum Gasteiger partial charge on any atom is 0.254 e. The van der Waals surface area contributed by atoms with Gasteiger partial charge in [-0.2, -0.15) is 0 Å². The summed E-state index contributed by atoms with van der Waals surface area (Å²) in [6.45, 7) is 3.09. The molecule has 0 aliphatic carbocycles. The predicted molar refractivity (Wildman–Crippen MR) is 85.1 cm³/mol.